The van der Waals surface area contributed by atoms with Crippen LogP contribution in [0.1, 0.15) is 5.82 Å². The molecule has 0 saturated heterocycles. The Morgan fingerprint density at radius 1 is 1.13 bits per heavy atom. The summed E-state index contributed by atoms with van der Waals surface area (Å²) >= 11 is 0. The largest absolute Gasteiger partial charge is 0.478 e. The molecule has 1 heterocycles. The molecule has 1 aromatic heterocycles. The molecule has 10 heteroatoms. The van der Waals surface area contributed by atoms with Gasteiger partial charge in [-0.15, -0.1) is 0 Å². The maximum absolute atomic E-state index is 12.8. The lowest BCUT2D eigenvalue weighted by Gasteiger charge is -2.12. The normalized spacial score (nSPS) is 11.6. The summed E-state index contributed by atoms with van der Waals surface area (Å²) in [4.78, 5) is 28.4. The number of carboxylic acids is 1. The molecule has 0 unspecified atom stereocenters. The minimum Gasteiger partial charge on any atom is -0.478 e. The number of benzene rings is 1. The lowest BCUT2D eigenvalue weighted by atomic mass is 10.2. The molecule has 0 bridgehead atoms. The van der Waals surface area contributed by atoms with Gasteiger partial charge < -0.3 is 5.11 Å². The van der Waals surface area contributed by atoms with Crippen molar-refractivity contribution in [2.24, 2.45) is 0 Å². The molecule has 0 atom stereocenters. The highest BCUT2D eigenvalue weighted by molar-refractivity contribution is 5.95. The summed E-state index contributed by atoms with van der Waals surface area (Å²) in [7, 11) is 0. The topological polar surface area (TPSA) is 104 Å². The first-order valence-electron chi connectivity index (χ1n) is 6.08. The number of hydrogen-bond acceptors (Lipinski definition) is 5. The minimum atomic E-state index is -4.76. The molecule has 2 aromatic rings. The van der Waals surface area contributed by atoms with E-state index in [9.17, 15) is 22.8 Å². The zero-order chi connectivity index (χ0) is 17.0. The zero-order valence-electron chi connectivity index (χ0n) is 11.3. The number of carbonyl (C=O) groups is 2. The van der Waals surface area contributed by atoms with Crippen molar-refractivity contribution < 1.29 is 27.9 Å². The molecule has 0 aliphatic carbocycles. The molecular weight excluding hydrogens is 317 g/mol. The van der Waals surface area contributed by atoms with E-state index in [2.05, 4.69) is 15.4 Å². The van der Waals surface area contributed by atoms with Crippen molar-refractivity contribution in [3.63, 3.8) is 0 Å². The fraction of sp³-hybridized carbons (Fsp3) is 0.0769. The van der Waals surface area contributed by atoms with Gasteiger partial charge in [0.05, 0.1) is 5.52 Å². The van der Waals surface area contributed by atoms with E-state index in [1.165, 1.54) is 18.2 Å². The summed E-state index contributed by atoms with van der Waals surface area (Å²) in [5.41, 5.74) is 4.29. The van der Waals surface area contributed by atoms with Crippen LogP contribution in [0.3, 0.4) is 0 Å². The van der Waals surface area contributed by atoms with E-state index in [0.29, 0.717) is 12.2 Å². The number of aliphatic carboxylic acids is 1. The Labute approximate surface area is 126 Å². The Hall–Kier alpha value is -3.17. The first kappa shape index (κ1) is 16.2. The Balaban J connectivity index is 2.32. The number of carbonyl (C=O) groups excluding carboxylic acids is 1. The molecule has 0 radical (unpaired) electrons. The van der Waals surface area contributed by atoms with Gasteiger partial charge in [0.15, 0.2) is 5.82 Å². The van der Waals surface area contributed by atoms with Crippen molar-refractivity contribution in [2.45, 2.75) is 6.18 Å². The monoisotopic (exact) mass is 326 g/mol. The van der Waals surface area contributed by atoms with Crippen LogP contribution in [0.15, 0.2) is 36.4 Å². The predicted molar refractivity (Wildman–Crippen MR) is 73.1 cm³/mol. The number of aromatic nitrogens is 2. The van der Waals surface area contributed by atoms with E-state index in [0.717, 1.165) is 0 Å². The first-order chi connectivity index (χ1) is 10.8. The van der Waals surface area contributed by atoms with Gasteiger partial charge in [0.25, 0.3) is 5.91 Å². The smallest absolute Gasteiger partial charge is 0.451 e. The number of hydrogen-bond donors (Lipinski definition) is 3. The van der Waals surface area contributed by atoms with Crippen LogP contribution in [0.2, 0.25) is 0 Å². The van der Waals surface area contributed by atoms with Gasteiger partial charge in [-0.25, -0.2) is 14.8 Å². The SMILES string of the molecule is O=C(O)C=CC(=O)NNc1nc(C(F)(F)F)nc2ccccc12. The molecule has 2 rings (SSSR count). The molecule has 0 saturated carbocycles. The number of nitrogens with one attached hydrogen (secondary N) is 2. The fourth-order valence-electron chi connectivity index (χ4n) is 1.61. The molecule has 0 spiro atoms. The third kappa shape index (κ3) is 4.15. The van der Waals surface area contributed by atoms with Gasteiger partial charge in [0.2, 0.25) is 5.82 Å². The number of carboxylic acid groups (broad SMARTS) is 1. The van der Waals surface area contributed by atoms with Crippen molar-refractivity contribution in [1.82, 2.24) is 15.4 Å². The van der Waals surface area contributed by atoms with Crippen LogP contribution in [0, 0.1) is 0 Å². The molecule has 7 nitrogen and oxygen atoms in total. The van der Waals surface area contributed by atoms with Crippen molar-refractivity contribution >= 4 is 28.6 Å². The van der Waals surface area contributed by atoms with Crippen LogP contribution in [0.4, 0.5) is 19.0 Å². The predicted octanol–water partition coefficient (Wildman–Crippen LogP) is 1.73. The van der Waals surface area contributed by atoms with Crippen molar-refractivity contribution in [1.29, 1.82) is 0 Å². The highest BCUT2D eigenvalue weighted by Crippen LogP contribution is 2.29. The third-order valence-corrected chi connectivity index (χ3v) is 2.54. The third-order valence-electron chi connectivity index (χ3n) is 2.54. The molecule has 0 aliphatic rings. The number of nitrogens with zero attached hydrogens (tertiary/aromatic N) is 2. The Morgan fingerprint density at radius 3 is 2.48 bits per heavy atom. The second kappa shape index (κ2) is 6.30. The Kier molecular flexibility index (Phi) is 4.44. The molecule has 3 N–H and O–H groups in total. The maximum atomic E-state index is 12.8. The zero-order valence-corrected chi connectivity index (χ0v) is 11.3. The second-order valence-corrected chi connectivity index (χ2v) is 4.20. The van der Waals surface area contributed by atoms with Crippen molar-refractivity contribution in [2.75, 3.05) is 5.43 Å². The average Bonchev–Trinajstić information content (AvgIpc) is 2.49. The summed E-state index contributed by atoms with van der Waals surface area (Å²) in [6.45, 7) is 0. The number of fused-ring (bicyclic) bond motifs is 1. The van der Waals surface area contributed by atoms with E-state index in [1.54, 1.807) is 6.07 Å². The van der Waals surface area contributed by atoms with Crippen LogP contribution in [0.5, 0.6) is 0 Å². The number of amides is 1. The molecule has 0 fully saturated rings. The number of hydrazine groups is 1. The van der Waals surface area contributed by atoms with Gasteiger partial charge in [0, 0.05) is 17.5 Å². The van der Waals surface area contributed by atoms with E-state index in [4.69, 9.17) is 5.11 Å². The van der Waals surface area contributed by atoms with Gasteiger partial charge in [-0.2, -0.15) is 13.2 Å². The standard InChI is InChI=1S/C13H9F3N4O3/c14-13(15,16)12-17-8-4-2-1-3-7(8)11(18-12)20-19-9(21)5-6-10(22)23/h1-6H,(H,19,21)(H,22,23)(H,17,18,20). The molecule has 1 aromatic carbocycles. The fourth-order valence-corrected chi connectivity index (χ4v) is 1.61. The Morgan fingerprint density at radius 2 is 1.83 bits per heavy atom. The number of anilines is 1. The van der Waals surface area contributed by atoms with Gasteiger partial charge in [-0.3, -0.25) is 15.6 Å². The first-order valence-corrected chi connectivity index (χ1v) is 6.08. The van der Waals surface area contributed by atoms with E-state index in [-0.39, 0.29) is 16.7 Å². The van der Waals surface area contributed by atoms with Gasteiger partial charge in [-0.1, -0.05) is 12.1 Å². The lowest BCUT2D eigenvalue weighted by Crippen LogP contribution is -2.29. The summed E-state index contributed by atoms with van der Waals surface area (Å²) in [5, 5.41) is 8.63. The lowest BCUT2D eigenvalue weighted by molar-refractivity contribution is -0.144. The van der Waals surface area contributed by atoms with Gasteiger partial charge in [-0.05, 0) is 12.1 Å². The van der Waals surface area contributed by atoms with E-state index >= 15 is 0 Å². The minimum absolute atomic E-state index is 0.0349. The second-order valence-electron chi connectivity index (χ2n) is 4.20. The number of halogens is 3. The van der Waals surface area contributed by atoms with Crippen molar-refractivity contribution in [3.8, 4) is 0 Å². The summed E-state index contributed by atoms with van der Waals surface area (Å²) in [6.07, 6.45) is -3.48. The van der Waals surface area contributed by atoms with Gasteiger partial charge in [0.1, 0.15) is 0 Å². The highest BCUT2D eigenvalue weighted by Gasteiger charge is 2.35. The van der Waals surface area contributed by atoms with E-state index in [1.807, 2.05) is 5.43 Å². The maximum Gasteiger partial charge on any atom is 0.451 e. The van der Waals surface area contributed by atoms with E-state index < -0.39 is 23.9 Å². The molecule has 23 heavy (non-hydrogen) atoms. The van der Waals surface area contributed by atoms with Crippen LogP contribution < -0.4 is 10.9 Å². The van der Waals surface area contributed by atoms with Crippen LogP contribution in [-0.2, 0) is 15.8 Å². The molecule has 0 aliphatic heterocycles. The van der Waals surface area contributed by atoms with Gasteiger partial charge >= 0.3 is 12.1 Å². The van der Waals surface area contributed by atoms with Crippen LogP contribution in [0.25, 0.3) is 10.9 Å². The molecular formula is C13H9F3N4O3. The quantitative estimate of drug-likeness (QED) is 0.584. The highest BCUT2D eigenvalue weighted by atomic mass is 19.4. The molecule has 120 valence electrons. The van der Waals surface area contributed by atoms with Crippen LogP contribution >= 0.6 is 0 Å². The Bertz CT molecular complexity index is 790. The summed E-state index contributed by atoms with van der Waals surface area (Å²) in [6, 6.07) is 5.91. The summed E-state index contributed by atoms with van der Waals surface area (Å²) < 4.78 is 38.4. The number of para-hydroxylation sites is 1. The average molecular weight is 326 g/mol. The summed E-state index contributed by atoms with van der Waals surface area (Å²) in [5.74, 6) is -3.84. The van der Waals surface area contributed by atoms with Crippen LogP contribution in [-0.4, -0.2) is 27.0 Å². The number of rotatable bonds is 4. The number of alkyl halides is 3. The molecule has 1 amide bonds. The van der Waals surface area contributed by atoms with Crippen molar-refractivity contribution in [3.05, 3.63) is 42.2 Å².